The highest BCUT2D eigenvalue weighted by molar-refractivity contribution is 8.58. The van der Waals surface area contributed by atoms with Crippen LogP contribution in [0, 0.1) is 0 Å². The summed E-state index contributed by atoms with van der Waals surface area (Å²) in [6, 6.07) is 7.76. The van der Waals surface area contributed by atoms with Crippen LogP contribution in [-0.2, 0) is 19.4 Å². The largest absolute Gasteiger partial charge is 0.310 e. The van der Waals surface area contributed by atoms with Gasteiger partial charge in [0.1, 0.15) is 0 Å². The molecule has 0 aromatic heterocycles. The number of benzene rings is 1. The van der Waals surface area contributed by atoms with Crippen molar-refractivity contribution in [3.05, 3.63) is 30.3 Å². The van der Waals surface area contributed by atoms with Gasteiger partial charge >= 0.3 is 6.65 Å². The lowest BCUT2D eigenvalue weighted by atomic mass is 10.4. The van der Waals surface area contributed by atoms with E-state index in [2.05, 4.69) is 0 Å². The normalized spacial score (nSPS) is 16.0. The second kappa shape index (κ2) is 7.64. The van der Waals surface area contributed by atoms with Crippen LogP contribution in [0.4, 0.5) is 0 Å². The maximum Gasteiger partial charge on any atom is 0.310 e. The maximum atomic E-state index is 13.2. The van der Waals surface area contributed by atoms with Gasteiger partial charge in [0.25, 0.3) is 0 Å². The molecule has 0 saturated carbocycles. The average molecular weight is 364 g/mol. The number of hydrogen-bond donors (Lipinski definition) is 0. The molecule has 1 rings (SSSR count). The van der Waals surface area contributed by atoms with Gasteiger partial charge in [-0.25, -0.2) is 8.42 Å². The third-order valence-electron chi connectivity index (χ3n) is 3.19. The van der Waals surface area contributed by atoms with Gasteiger partial charge in [0, 0.05) is 19.3 Å². The minimum Gasteiger partial charge on any atom is -0.278 e. The van der Waals surface area contributed by atoms with Crippen molar-refractivity contribution in [2.75, 3.05) is 14.1 Å². The molecule has 6 nitrogen and oxygen atoms in total. The van der Waals surface area contributed by atoms with E-state index in [0.717, 1.165) is 20.1 Å². The van der Waals surface area contributed by atoms with E-state index in [1.54, 1.807) is 18.2 Å². The van der Waals surface area contributed by atoms with Gasteiger partial charge in [0.15, 0.2) is 0 Å². The van der Waals surface area contributed by atoms with E-state index in [9.17, 15) is 17.8 Å². The van der Waals surface area contributed by atoms with Crippen LogP contribution >= 0.6 is 18.0 Å². The molecule has 0 bridgehead atoms. The Balaban J connectivity index is 3.31. The van der Waals surface area contributed by atoms with Crippen LogP contribution in [0.3, 0.4) is 0 Å². The van der Waals surface area contributed by atoms with Gasteiger partial charge in [-0.05, 0) is 18.6 Å². The van der Waals surface area contributed by atoms with Crippen LogP contribution < -0.4 is 0 Å². The Hall–Kier alpha value is -0.820. The number of carbonyl (C=O) groups is 1. The van der Waals surface area contributed by atoms with Crippen molar-refractivity contribution < 1.29 is 17.8 Å². The van der Waals surface area contributed by atoms with Gasteiger partial charge in [0.2, 0.25) is 16.4 Å². The minimum atomic E-state index is -3.96. The first-order valence-corrected chi connectivity index (χ1v) is 11.2. The average Bonchev–Trinajstić information content (AvgIpc) is 2.53. The van der Waals surface area contributed by atoms with Crippen molar-refractivity contribution in [3.8, 4) is 0 Å². The quantitative estimate of drug-likeness (QED) is 0.523. The molecule has 0 aliphatic rings. The first-order valence-electron chi connectivity index (χ1n) is 6.71. The Morgan fingerprint density at radius 2 is 1.82 bits per heavy atom. The summed E-state index contributed by atoms with van der Waals surface area (Å²) in [5, 5.41) is -0.0540. The highest BCUT2D eigenvalue weighted by atomic mass is 32.7. The predicted molar refractivity (Wildman–Crippen MR) is 90.2 cm³/mol. The number of hydrogen-bond acceptors (Lipinski definition) is 5. The molecule has 0 aliphatic carbocycles. The molecular formula is C13H21N2O4PS2. The Morgan fingerprint density at radius 1 is 1.27 bits per heavy atom. The third kappa shape index (κ3) is 3.93. The van der Waals surface area contributed by atoms with Crippen LogP contribution in [-0.4, -0.2) is 42.9 Å². The summed E-state index contributed by atoms with van der Waals surface area (Å²) >= 11 is 1.01. The Morgan fingerprint density at radius 3 is 2.27 bits per heavy atom. The van der Waals surface area contributed by atoms with Gasteiger partial charge in [-0.3, -0.25) is 14.0 Å². The van der Waals surface area contributed by atoms with Crippen molar-refractivity contribution >= 4 is 34.5 Å². The summed E-state index contributed by atoms with van der Waals surface area (Å²) in [7, 11) is -1.37. The van der Waals surface area contributed by atoms with Crippen LogP contribution in [0.25, 0.3) is 0 Å². The minimum absolute atomic E-state index is 0.0433. The standard InChI is InChI=1S/C13H21N2O4PS2/c1-5-12(2)21-20(17,14(3)11-16)15(4)22(18,19)13-9-7-6-8-10-13/h6-12H,5H2,1-4H3. The van der Waals surface area contributed by atoms with Crippen molar-refractivity contribution in [3.63, 3.8) is 0 Å². The van der Waals surface area contributed by atoms with E-state index in [0.29, 0.717) is 12.8 Å². The highest BCUT2D eigenvalue weighted by Gasteiger charge is 2.42. The molecule has 9 heteroatoms. The number of amides is 1. The molecule has 22 heavy (non-hydrogen) atoms. The van der Waals surface area contributed by atoms with Crippen LogP contribution in [0.5, 0.6) is 0 Å². The SMILES string of the molecule is CCC(C)SP(=O)(N(C)C=O)N(C)S(=O)(=O)c1ccccc1. The second-order valence-electron chi connectivity index (χ2n) is 4.75. The highest BCUT2D eigenvalue weighted by Crippen LogP contribution is 2.65. The molecule has 0 heterocycles. The van der Waals surface area contributed by atoms with Gasteiger partial charge in [-0.1, -0.05) is 43.4 Å². The monoisotopic (exact) mass is 364 g/mol. The van der Waals surface area contributed by atoms with E-state index < -0.39 is 16.7 Å². The van der Waals surface area contributed by atoms with Crippen LogP contribution in [0.2, 0.25) is 0 Å². The molecule has 2 unspecified atom stereocenters. The first kappa shape index (κ1) is 19.2. The smallest absolute Gasteiger partial charge is 0.278 e. The fourth-order valence-corrected chi connectivity index (χ4v) is 9.48. The number of rotatable bonds is 8. The zero-order chi connectivity index (χ0) is 17.0. The molecular weight excluding hydrogens is 343 g/mol. The molecule has 0 fully saturated rings. The first-order chi connectivity index (χ1) is 10.2. The van der Waals surface area contributed by atoms with E-state index in [1.807, 2.05) is 13.8 Å². The zero-order valence-corrected chi connectivity index (χ0v) is 15.6. The summed E-state index contributed by atoms with van der Waals surface area (Å²) in [5.41, 5.74) is 0. The van der Waals surface area contributed by atoms with Crippen LogP contribution in [0.15, 0.2) is 35.2 Å². The summed E-state index contributed by atoms with van der Waals surface area (Å²) in [6.45, 7) is 0.124. The summed E-state index contributed by atoms with van der Waals surface area (Å²) in [4.78, 5) is 11.2. The molecule has 1 amide bonds. The van der Waals surface area contributed by atoms with Gasteiger partial charge in [-0.2, -0.15) is 0 Å². The molecule has 0 N–H and O–H groups in total. The molecule has 0 radical (unpaired) electrons. The second-order valence-corrected chi connectivity index (χ2v) is 12.3. The Bertz CT molecular complexity index is 651. The molecule has 0 spiro atoms. The zero-order valence-electron chi connectivity index (χ0n) is 13.0. The van der Waals surface area contributed by atoms with Crippen molar-refractivity contribution in [2.45, 2.75) is 30.4 Å². The maximum absolute atomic E-state index is 13.2. The number of nitrogens with zero attached hydrogens (tertiary/aromatic N) is 2. The molecule has 1 aromatic carbocycles. The van der Waals surface area contributed by atoms with Crippen molar-refractivity contribution in [2.24, 2.45) is 0 Å². The van der Waals surface area contributed by atoms with Gasteiger partial charge < -0.3 is 0 Å². The van der Waals surface area contributed by atoms with Gasteiger partial charge in [0.05, 0.1) is 4.90 Å². The molecule has 0 saturated heterocycles. The molecule has 124 valence electrons. The van der Waals surface area contributed by atoms with E-state index in [4.69, 9.17) is 0 Å². The lowest BCUT2D eigenvalue weighted by Gasteiger charge is -2.32. The van der Waals surface area contributed by atoms with Crippen molar-refractivity contribution in [1.82, 2.24) is 8.75 Å². The fourth-order valence-electron chi connectivity index (χ4n) is 1.59. The third-order valence-corrected chi connectivity index (χ3v) is 12.4. The summed E-state index contributed by atoms with van der Waals surface area (Å²) < 4.78 is 40.3. The summed E-state index contributed by atoms with van der Waals surface area (Å²) in [5.74, 6) is 0. The molecule has 2 atom stereocenters. The Labute approximate surface area is 136 Å². The molecule has 0 aliphatic heterocycles. The fraction of sp³-hybridized carbons (Fsp3) is 0.462. The van der Waals surface area contributed by atoms with Crippen LogP contribution in [0.1, 0.15) is 20.3 Å². The summed E-state index contributed by atoms with van der Waals surface area (Å²) in [6.07, 6.45) is 1.10. The lowest BCUT2D eigenvalue weighted by molar-refractivity contribution is -0.113. The Kier molecular flexibility index (Phi) is 6.67. The van der Waals surface area contributed by atoms with Crippen molar-refractivity contribution in [1.29, 1.82) is 0 Å². The predicted octanol–water partition coefficient (Wildman–Crippen LogP) is 3.04. The lowest BCUT2D eigenvalue weighted by Crippen LogP contribution is -2.30. The number of carbonyl (C=O) groups excluding carboxylic acids is 1. The van der Waals surface area contributed by atoms with E-state index in [1.165, 1.54) is 26.2 Å². The topological polar surface area (TPSA) is 74.8 Å². The van der Waals surface area contributed by atoms with Gasteiger partial charge in [-0.15, -0.1) is 4.08 Å². The molecule has 1 aromatic rings. The van der Waals surface area contributed by atoms with E-state index >= 15 is 0 Å². The number of sulfonamides is 1. The van der Waals surface area contributed by atoms with E-state index in [-0.39, 0.29) is 10.1 Å².